The highest BCUT2D eigenvalue weighted by Crippen LogP contribution is 1.89. The number of nitrogens with two attached hydrogens (primary N) is 1. The standard InChI is InChI=1S/C7H16N2O3S/c1-6(5-8)9-7(10)3-4-13(2,11)12/h6H,3-5,8H2,1-2H3,(H,9,10)/t6-/m1/s1. The van der Waals surface area contributed by atoms with Crippen LogP contribution in [0.1, 0.15) is 13.3 Å². The molecule has 0 saturated heterocycles. The van der Waals surface area contributed by atoms with Crippen LogP contribution in [0.2, 0.25) is 0 Å². The molecule has 5 nitrogen and oxygen atoms in total. The van der Waals surface area contributed by atoms with Crippen molar-refractivity contribution < 1.29 is 13.2 Å². The van der Waals surface area contributed by atoms with E-state index in [1.807, 2.05) is 0 Å². The second-order valence-electron chi connectivity index (χ2n) is 3.08. The summed E-state index contributed by atoms with van der Waals surface area (Å²) in [7, 11) is -3.05. The van der Waals surface area contributed by atoms with Gasteiger partial charge in [-0.1, -0.05) is 0 Å². The highest BCUT2D eigenvalue weighted by Gasteiger charge is 2.09. The van der Waals surface area contributed by atoms with Crippen molar-refractivity contribution in [3.8, 4) is 0 Å². The fourth-order valence-electron chi connectivity index (χ4n) is 0.684. The van der Waals surface area contributed by atoms with Crippen molar-refractivity contribution in [2.75, 3.05) is 18.6 Å². The Balaban J connectivity index is 3.77. The fourth-order valence-corrected chi connectivity index (χ4v) is 1.24. The smallest absolute Gasteiger partial charge is 0.221 e. The second kappa shape index (κ2) is 5.18. The normalized spacial score (nSPS) is 13.8. The average molecular weight is 208 g/mol. The van der Waals surface area contributed by atoms with Gasteiger partial charge in [0.15, 0.2) is 0 Å². The molecule has 0 aromatic rings. The van der Waals surface area contributed by atoms with Gasteiger partial charge >= 0.3 is 0 Å². The molecule has 13 heavy (non-hydrogen) atoms. The molecular weight excluding hydrogens is 192 g/mol. The summed E-state index contributed by atoms with van der Waals surface area (Å²) >= 11 is 0. The quantitative estimate of drug-likeness (QED) is 0.599. The predicted molar refractivity (Wildman–Crippen MR) is 51.0 cm³/mol. The van der Waals surface area contributed by atoms with Gasteiger partial charge in [0, 0.05) is 25.3 Å². The summed E-state index contributed by atoms with van der Waals surface area (Å²) in [5, 5.41) is 2.57. The third-order valence-corrected chi connectivity index (χ3v) is 2.41. The Kier molecular flexibility index (Phi) is 4.94. The van der Waals surface area contributed by atoms with Crippen LogP contribution in [0.15, 0.2) is 0 Å². The lowest BCUT2D eigenvalue weighted by Gasteiger charge is -2.10. The summed E-state index contributed by atoms with van der Waals surface area (Å²) in [5.74, 6) is -0.390. The zero-order valence-corrected chi connectivity index (χ0v) is 8.73. The molecule has 0 aromatic heterocycles. The van der Waals surface area contributed by atoms with Crippen LogP contribution in [0, 0.1) is 0 Å². The molecule has 0 unspecified atom stereocenters. The molecule has 1 amide bonds. The first-order chi connectivity index (χ1) is 5.85. The molecule has 0 fully saturated rings. The van der Waals surface area contributed by atoms with Gasteiger partial charge in [0.25, 0.3) is 0 Å². The van der Waals surface area contributed by atoms with Crippen LogP contribution in [-0.4, -0.2) is 38.9 Å². The van der Waals surface area contributed by atoms with Gasteiger partial charge in [-0.05, 0) is 6.92 Å². The van der Waals surface area contributed by atoms with Gasteiger partial charge in [0.2, 0.25) is 5.91 Å². The molecule has 0 spiro atoms. The van der Waals surface area contributed by atoms with Crippen LogP contribution in [-0.2, 0) is 14.6 Å². The highest BCUT2D eigenvalue weighted by molar-refractivity contribution is 7.90. The minimum Gasteiger partial charge on any atom is -0.352 e. The van der Waals surface area contributed by atoms with Crippen LogP contribution < -0.4 is 11.1 Å². The van der Waals surface area contributed by atoms with Crippen molar-refractivity contribution in [2.45, 2.75) is 19.4 Å². The van der Waals surface area contributed by atoms with Crippen molar-refractivity contribution in [2.24, 2.45) is 5.73 Å². The number of carbonyl (C=O) groups excluding carboxylic acids is 1. The molecule has 0 heterocycles. The zero-order valence-electron chi connectivity index (χ0n) is 7.91. The summed E-state index contributed by atoms with van der Waals surface area (Å²) in [6.45, 7) is 2.11. The lowest BCUT2D eigenvalue weighted by atomic mass is 10.3. The molecule has 0 aliphatic heterocycles. The van der Waals surface area contributed by atoms with E-state index >= 15 is 0 Å². The lowest BCUT2D eigenvalue weighted by Crippen LogP contribution is -2.38. The van der Waals surface area contributed by atoms with Crippen molar-refractivity contribution in [3.63, 3.8) is 0 Å². The van der Waals surface area contributed by atoms with Crippen LogP contribution in [0.5, 0.6) is 0 Å². The minimum absolute atomic E-state index is 0.00315. The maximum Gasteiger partial charge on any atom is 0.221 e. The maximum atomic E-state index is 11.0. The largest absolute Gasteiger partial charge is 0.352 e. The molecule has 0 aliphatic rings. The summed E-state index contributed by atoms with van der Waals surface area (Å²) in [5.41, 5.74) is 5.27. The highest BCUT2D eigenvalue weighted by atomic mass is 32.2. The van der Waals surface area contributed by atoms with Gasteiger partial charge in [0.05, 0.1) is 5.75 Å². The summed E-state index contributed by atoms with van der Waals surface area (Å²) in [6, 6.07) is -0.105. The number of sulfone groups is 1. The topological polar surface area (TPSA) is 89.3 Å². The van der Waals surface area contributed by atoms with E-state index in [0.29, 0.717) is 6.54 Å². The molecule has 3 N–H and O–H groups in total. The van der Waals surface area contributed by atoms with Gasteiger partial charge in [0.1, 0.15) is 9.84 Å². The van der Waals surface area contributed by atoms with Gasteiger partial charge in [-0.25, -0.2) is 8.42 Å². The third kappa shape index (κ3) is 7.73. The van der Waals surface area contributed by atoms with Crippen molar-refractivity contribution in [3.05, 3.63) is 0 Å². The number of amides is 1. The van der Waals surface area contributed by atoms with E-state index in [1.54, 1.807) is 6.92 Å². The Bertz CT molecular complexity index is 261. The zero-order chi connectivity index (χ0) is 10.5. The Hall–Kier alpha value is -0.620. The molecule has 0 radical (unpaired) electrons. The second-order valence-corrected chi connectivity index (χ2v) is 5.34. The lowest BCUT2D eigenvalue weighted by molar-refractivity contribution is -0.121. The predicted octanol–water partition coefficient (Wildman–Crippen LogP) is -1.12. The summed E-state index contributed by atoms with van der Waals surface area (Å²) in [6.07, 6.45) is 1.11. The first-order valence-corrected chi connectivity index (χ1v) is 6.08. The van der Waals surface area contributed by atoms with E-state index in [4.69, 9.17) is 5.73 Å². The molecule has 0 bridgehead atoms. The molecule has 0 rings (SSSR count). The Morgan fingerprint density at radius 2 is 2.08 bits per heavy atom. The van der Waals surface area contributed by atoms with Crippen molar-refractivity contribution in [1.82, 2.24) is 5.32 Å². The van der Waals surface area contributed by atoms with Gasteiger partial charge < -0.3 is 11.1 Å². The summed E-state index contributed by atoms with van der Waals surface area (Å²) in [4.78, 5) is 11.0. The number of hydrogen-bond donors (Lipinski definition) is 2. The first kappa shape index (κ1) is 12.4. The molecule has 0 aromatic carbocycles. The fraction of sp³-hybridized carbons (Fsp3) is 0.857. The van der Waals surface area contributed by atoms with E-state index in [1.165, 1.54) is 0 Å². The third-order valence-electron chi connectivity index (χ3n) is 1.46. The van der Waals surface area contributed by atoms with Crippen molar-refractivity contribution in [1.29, 1.82) is 0 Å². The van der Waals surface area contributed by atoms with Crippen LogP contribution in [0.3, 0.4) is 0 Å². The molecule has 0 saturated carbocycles. The van der Waals surface area contributed by atoms with E-state index in [0.717, 1.165) is 6.26 Å². The minimum atomic E-state index is -3.05. The van der Waals surface area contributed by atoms with Crippen LogP contribution >= 0.6 is 0 Å². The number of carbonyl (C=O) groups is 1. The van der Waals surface area contributed by atoms with Gasteiger partial charge in [-0.15, -0.1) is 0 Å². The Morgan fingerprint density at radius 1 is 1.54 bits per heavy atom. The molecule has 1 atom stereocenters. The van der Waals surface area contributed by atoms with Crippen molar-refractivity contribution >= 4 is 15.7 Å². The first-order valence-electron chi connectivity index (χ1n) is 4.02. The Labute approximate surface area is 78.6 Å². The van der Waals surface area contributed by atoms with Gasteiger partial charge in [-0.3, -0.25) is 4.79 Å². The van der Waals surface area contributed by atoms with E-state index < -0.39 is 9.84 Å². The van der Waals surface area contributed by atoms with E-state index in [-0.39, 0.29) is 24.1 Å². The molecule has 0 aliphatic carbocycles. The number of rotatable bonds is 5. The molecule has 78 valence electrons. The van der Waals surface area contributed by atoms with Gasteiger partial charge in [-0.2, -0.15) is 0 Å². The SMILES string of the molecule is C[C@H](CN)NC(=O)CCS(C)(=O)=O. The maximum absolute atomic E-state index is 11.0. The van der Waals surface area contributed by atoms with E-state index in [9.17, 15) is 13.2 Å². The van der Waals surface area contributed by atoms with Crippen LogP contribution in [0.4, 0.5) is 0 Å². The summed E-state index contributed by atoms with van der Waals surface area (Å²) < 4.78 is 21.4. The number of nitrogens with one attached hydrogen (secondary N) is 1. The van der Waals surface area contributed by atoms with E-state index in [2.05, 4.69) is 5.32 Å². The number of hydrogen-bond acceptors (Lipinski definition) is 4. The Morgan fingerprint density at radius 3 is 2.46 bits per heavy atom. The molecule has 6 heteroatoms. The van der Waals surface area contributed by atoms with Crippen LogP contribution in [0.25, 0.3) is 0 Å². The monoisotopic (exact) mass is 208 g/mol. The molecular formula is C7H16N2O3S. The average Bonchev–Trinajstić information content (AvgIpc) is 1.99.